The van der Waals surface area contributed by atoms with E-state index < -0.39 is 5.97 Å². The Hall–Kier alpha value is -2.18. The van der Waals surface area contributed by atoms with Crippen LogP contribution in [0, 0.1) is 0 Å². The predicted molar refractivity (Wildman–Crippen MR) is 103 cm³/mol. The van der Waals surface area contributed by atoms with Crippen molar-refractivity contribution in [1.82, 2.24) is 5.32 Å². The Labute approximate surface area is 161 Å². The van der Waals surface area contributed by atoms with Gasteiger partial charge in [0, 0.05) is 17.1 Å². The molecular formula is C19H20ClNO4S. The van der Waals surface area contributed by atoms with Crippen LogP contribution in [0.4, 0.5) is 0 Å². The van der Waals surface area contributed by atoms with E-state index >= 15 is 0 Å². The minimum atomic E-state index is -1.02. The minimum Gasteiger partial charge on any atom is -0.482 e. The summed E-state index contributed by atoms with van der Waals surface area (Å²) in [5, 5.41) is 12.2. The van der Waals surface area contributed by atoms with Crippen LogP contribution in [0.5, 0.6) is 5.75 Å². The van der Waals surface area contributed by atoms with Gasteiger partial charge in [-0.15, -0.1) is 11.8 Å². The summed E-state index contributed by atoms with van der Waals surface area (Å²) in [7, 11) is 0. The number of nitrogens with one attached hydrogen (secondary N) is 1. The fourth-order valence-electron chi connectivity index (χ4n) is 2.21. The SMILES string of the molecule is CC(NC(=O)CCSc1ccccc1Cl)c1ccc(OCC(=O)O)cc1. The first kappa shape index (κ1) is 20.1. The summed E-state index contributed by atoms with van der Waals surface area (Å²) in [6, 6.07) is 14.4. The molecule has 0 aliphatic heterocycles. The minimum absolute atomic E-state index is 0.0387. The molecule has 2 N–H and O–H groups in total. The average Bonchev–Trinajstić information content (AvgIpc) is 2.62. The van der Waals surface area contributed by atoms with Crippen LogP contribution in [0.1, 0.15) is 24.9 Å². The van der Waals surface area contributed by atoms with Crippen LogP contribution in [-0.4, -0.2) is 29.3 Å². The van der Waals surface area contributed by atoms with Gasteiger partial charge in [-0.1, -0.05) is 35.9 Å². The molecule has 5 nitrogen and oxygen atoms in total. The monoisotopic (exact) mass is 393 g/mol. The lowest BCUT2D eigenvalue weighted by molar-refractivity contribution is -0.139. The van der Waals surface area contributed by atoms with Gasteiger partial charge in [0.1, 0.15) is 5.75 Å². The third-order valence-corrected chi connectivity index (χ3v) is 5.06. The van der Waals surface area contributed by atoms with Crippen molar-refractivity contribution in [3.63, 3.8) is 0 Å². The normalized spacial score (nSPS) is 11.6. The number of carboxylic acid groups (broad SMARTS) is 1. The molecule has 1 amide bonds. The number of benzene rings is 2. The van der Waals surface area contributed by atoms with Crippen molar-refractivity contribution < 1.29 is 19.4 Å². The van der Waals surface area contributed by atoms with Crippen molar-refractivity contribution >= 4 is 35.2 Å². The Morgan fingerprint density at radius 2 is 1.88 bits per heavy atom. The first-order chi connectivity index (χ1) is 12.5. The van der Waals surface area contributed by atoms with Crippen LogP contribution in [0.3, 0.4) is 0 Å². The number of thioether (sulfide) groups is 1. The van der Waals surface area contributed by atoms with Crippen molar-refractivity contribution in [2.24, 2.45) is 0 Å². The molecule has 2 aromatic carbocycles. The van der Waals surface area contributed by atoms with E-state index in [4.69, 9.17) is 21.4 Å². The molecule has 1 atom stereocenters. The largest absolute Gasteiger partial charge is 0.482 e. The van der Waals surface area contributed by atoms with Gasteiger partial charge in [0.15, 0.2) is 6.61 Å². The summed E-state index contributed by atoms with van der Waals surface area (Å²) in [4.78, 5) is 23.5. The van der Waals surface area contributed by atoms with Crippen LogP contribution < -0.4 is 10.1 Å². The smallest absolute Gasteiger partial charge is 0.341 e. The molecule has 7 heteroatoms. The third kappa shape index (κ3) is 6.61. The second-order valence-electron chi connectivity index (χ2n) is 5.57. The summed E-state index contributed by atoms with van der Waals surface area (Å²) in [5.41, 5.74) is 0.916. The summed E-state index contributed by atoms with van der Waals surface area (Å²) in [5.74, 6) is 0.0583. The molecule has 0 bridgehead atoms. The van der Waals surface area contributed by atoms with E-state index in [0.29, 0.717) is 22.9 Å². The second-order valence-corrected chi connectivity index (χ2v) is 7.11. The van der Waals surface area contributed by atoms with E-state index in [1.807, 2.05) is 31.2 Å². The van der Waals surface area contributed by atoms with Crippen molar-refractivity contribution in [3.8, 4) is 5.75 Å². The number of carbonyl (C=O) groups excluding carboxylic acids is 1. The van der Waals surface area contributed by atoms with Gasteiger partial charge in [-0.05, 0) is 36.8 Å². The highest BCUT2D eigenvalue weighted by atomic mass is 35.5. The molecule has 26 heavy (non-hydrogen) atoms. The molecule has 0 saturated carbocycles. The number of aliphatic carboxylic acids is 1. The maximum atomic E-state index is 12.1. The van der Waals surface area contributed by atoms with Gasteiger partial charge in [-0.2, -0.15) is 0 Å². The summed E-state index contributed by atoms with van der Waals surface area (Å²) in [6.07, 6.45) is 0.389. The highest BCUT2D eigenvalue weighted by molar-refractivity contribution is 7.99. The number of ether oxygens (including phenoxy) is 1. The first-order valence-corrected chi connectivity index (χ1v) is 9.43. The van der Waals surface area contributed by atoms with E-state index in [9.17, 15) is 9.59 Å². The Balaban J connectivity index is 1.77. The lowest BCUT2D eigenvalue weighted by Crippen LogP contribution is -2.26. The zero-order valence-electron chi connectivity index (χ0n) is 14.3. The van der Waals surface area contributed by atoms with Crippen molar-refractivity contribution in [2.45, 2.75) is 24.3 Å². The van der Waals surface area contributed by atoms with Gasteiger partial charge < -0.3 is 15.2 Å². The Morgan fingerprint density at radius 1 is 1.19 bits per heavy atom. The highest BCUT2D eigenvalue weighted by Gasteiger charge is 2.10. The first-order valence-electron chi connectivity index (χ1n) is 8.07. The highest BCUT2D eigenvalue weighted by Crippen LogP contribution is 2.27. The van der Waals surface area contributed by atoms with E-state index in [2.05, 4.69) is 5.32 Å². The number of amides is 1. The molecule has 0 heterocycles. The number of carboxylic acids is 1. The van der Waals surface area contributed by atoms with Gasteiger partial charge in [-0.25, -0.2) is 4.79 Å². The van der Waals surface area contributed by atoms with Crippen molar-refractivity contribution in [3.05, 3.63) is 59.1 Å². The molecule has 0 spiro atoms. The zero-order valence-corrected chi connectivity index (χ0v) is 15.8. The molecule has 0 fully saturated rings. The predicted octanol–water partition coefficient (Wildman–Crippen LogP) is 4.16. The van der Waals surface area contributed by atoms with Crippen LogP contribution in [0.25, 0.3) is 0 Å². The molecule has 2 aromatic rings. The van der Waals surface area contributed by atoms with Crippen LogP contribution >= 0.6 is 23.4 Å². The molecule has 1 unspecified atom stereocenters. The Morgan fingerprint density at radius 3 is 2.54 bits per heavy atom. The van der Waals surface area contributed by atoms with E-state index in [1.165, 1.54) is 0 Å². The number of rotatable bonds is 9. The van der Waals surface area contributed by atoms with Crippen LogP contribution in [-0.2, 0) is 9.59 Å². The number of halogens is 1. The Kier molecular flexibility index (Phi) is 7.81. The summed E-state index contributed by atoms with van der Waals surface area (Å²) >= 11 is 7.64. The molecule has 0 radical (unpaired) electrons. The van der Waals surface area contributed by atoms with Crippen molar-refractivity contribution in [1.29, 1.82) is 0 Å². The second kappa shape index (κ2) is 10.1. The molecule has 0 aliphatic carbocycles. The summed E-state index contributed by atoms with van der Waals surface area (Å²) in [6.45, 7) is 1.51. The van der Waals surface area contributed by atoms with Gasteiger partial charge >= 0.3 is 5.97 Å². The summed E-state index contributed by atoms with van der Waals surface area (Å²) < 4.78 is 5.09. The molecule has 138 valence electrons. The third-order valence-electron chi connectivity index (χ3n) is 3.54. The number of hydrogen-bond donors (Lipinski definition) is 2. The quantitative estimate of drug-likeness (QED) is 0.625. The molecule has 0 aliphatic rings. The standard InChI is InChI=1S/C19H20ClNO4S/c1-13(14-6-8-15(9-7-14)25-12-19(23)24)21-18(22)10-11-26-17-5-3-2-4-16(17)20/h2-9,13H,10-12H2,1H3,(H,21,22)(H,23,24). The average molecular weight is 394 g/mol. The molecule has 0 aromatic heterocycles. The number of carbonyl (C=O) groups is 2. The molecule has 2 rings (SSSR count). The number of hydrogen-bond acceptors (Lipinski definition) is 4. The molecule has 0 saturated heterocycles. The van der Waals surface area contributed by atoms with Crippen LogP contribution in [0.15, 0.2) is 53.4 Å². The zero-order chi connectivity index (χ0) is 18.9. The van der Waals surface area contributed by atoms with Crippen LogP contribution in [0.2, 0.25) is 5.02 Å². The van der Waals surface area contributed by atoms with Gasteiger partial charge in [0.2, 0.25) is 5.91 Å². The maximum Gasteiger partial charge on any atom is 0.341 e. The fourth-order valence-corrected chi connectivity index (χ4v) is 3.40. The van der Waals surface area contributed by atoms with Gasteiger partial charge in [-0.3, -0.25) is 4.79 Å². The van der Waals surface area contributed by atoms with Gasteiger partial charge in [0.25, 0.3) is 0 Å². The maximum absolute atomic E-state index is 12.1. The van der Waals surface area contributed by atoms with Gasteiger partial charge in [0.05, 0.1) is 11.1 Å². The lowest BCUT2D eigenvalue weighted by atomic mass is 10.1. The fraction of sp³-hybridized carbons (Fsp3) is 0.263. The van der Waals surface area contributed by atoms with E-state index in [0.717, 1.165) is 10.5 Å². The van der Waals surface area contributed by atoms with E-state index in [1.54, 1.807) is 36.0 Å². The Bertz CT molecular complexity index is 751. The van der Waals surface area contributed by atoms with E-state index in [-0.39, 0.29) is 18.6 Å². The topological polar surface area (TPSA) is 75.6 Å². The molecular weight excluding hydrogens is 374 g/mol. The lowest BCUT2D eigenvalue weighted by Gasteiger charge is -2.15. The van der Waals surface area contributed by atoms with Crippen molar-refractivity contribution in [2.75, 3.05) is 12.4 Å².